The number of rotatable bonds is 5. The number of carbonyl (C=O) groups is 1. The van der Waals surface area contributed by atoms with Gasteiger partial charge in [0.2, 0.25) is 0 Å². The molecule has 0 fully saturated rings. The Bertz CT molecular complexity index is 166. The second-order valence-corrected chi connectivity index (χ2v) is 2.63. The Hall–Kier alpha value is -0.560. The third kappa shape index (κ3) is 7.55. The first-order valence-electron chi connectivity index (χ1n) is 3.07. The third-order valence-corrected chi connectivity index (χ3v) is 1.38. The van der Waals surface area contributed by atoms with Gasteiger partial charge in [0.25, 0.3) is 11.7 Å². The van der Waals surface area contributed by atoms with Crippen LogP contribution in [-0.2, 0) is 4.79 Å². The highest BCUT2D eigenvalue weighted by atomic mass is 32.2. The lowest BCUT2D eigenvalue weighted by molar-refractivity contribution is -0.115. The minimum atomic E-state index is -2.57. The number of carbonyl (C=O) groups excluding carboxylic acids is 1. The zero-order chi connectivity index (χ0) is 9.40. The topological polar surface area (TPSA) is 62.0 Å². The van der Waals surface area contributed by atoms with E-state index in [9.17, 15) is 13.6 Å². The van der Waals surface area contributed by atoms with Gasteiger partial charge in [-0.05, 0) is 0 Å². The molecule has 0 aromatic rings. The molecule has 0 saturated carbocycles. The molecular formula is C5H8F2N2O2S. The molecule has 70 valence electrons. The standard InChI is InChI=1S/C5H8F2N2O2S/c6-5(7)12-3-4(11)9-8-1-2-10/h5,10H,1-3H2. The number of thioether (sulfide) groups is 1. The molecule has 1 N–H and O–H groups in total. The van der Waals surface area contributed by atoms with Gasteiger partial charge in [0.05, 0.1) is 18.9 Å². The van der Waals surface area contributed by atoms with E-state index in [4.69, 9.17) is 5.11 Å². The highest BCUT2D eigenvalue weighted by Crippen LogP contribution is 2.12. The summed E-state index contributed by atoms with van der Waals surface area (Å²) in [7, 11) is 0. The lowest BCUT2D eigenvalue weighted by Crippen LogP contribution is -1.99. The van der Waals surface area contributed by atoms with Crippen LogP contribution in [0, 0.1) is 0 Å². The molecule has 0 aromatic carbocycles. The molecule has 7 heteroatoms. The number of nitrogens with zero attached hydrogens (tertiary/aromatic N) is 2. The minimum Gasteiger partial charge on any atom is -0.394 e. The van der Waals surface area contributed by atoms with Gasteiger partial charge in [-0.25, -0.2) is 0 Å². The monoisotopic (exact) mass is 198 g/mol. The summed E-state index contributed by atoms with van der Waals surface area (Å²) in [6.07, 6.45) is 0. The smallest absolute Gasteiger partial charge is 0.285 e. The first-order valence-corrected chi connectivity index (χ1v) is 4.12. The maximum Gasteiger partial charge on any atom is 0.285 e. The van der Waals surface area contributed by atoms with Crippen LogP contribution in [0.3, 0.4) is 0 Å². The van der Waals surface area contributed by atoms with E-state index >= 15 is 0 Å². The molecule has 4 nitrogen and oxygen atoms in total. The van der Waals surface area contributed by atoms with E-state index < -0.39 is 11.7 Å². The van der Waals surface area contributed by atoms with Crippen LogP contribution in [0.25, 0.3) is 0 Å². The van der Waals surface area contributed by atoms with Gasteiger partial charge in [-0.1, -0.05) is 11.8 Å². The first-order chi connectivity index (χ1) is 5.66. The molecular weight excluding hydrogens is 190 g/mol. The van der Waals surface area contributed by atoms with Crippen LogP contribution in [-0.4, -0.2) is 35.7 Å². The Morgan fingerprint density at radius 1 is 1.58 bits per heavy atom. The average molecular weight is 198 g/mol. The lowest BCUT2D eigenvalue weighted by atomic mass is 10.7. The van der Waals surface area contributed by atoms with E-state index in [1.807, 2.05) is 0 Å². The predicted molar refractivity (Wildman–Crippen MR) is 40.3 cm³/mol. The fourth-order valence-corrected chi connectivity index (χ4v) is 0.663. The van der Waals surface area contributed by atoms with Crippen molar-refractivity contribution in [3.05, 3.63) is 0 Å². The van der Waals surface area contributed by atoms with Crippen molar-refractivity contribution < 1.29 is 18.7 Å². The SMILES string of the molecule is O=C(CSC(F)F)N=NCCO. The molecule has 0 aliphatic carbocycles. The van der Waals surface area contributed by atoms with Crippen LogP contribution in [0.15, 0.2) is 10.2 Å². The van der Waals surface area contributed by atoms with Crippen molar-refractivity contribution in [1.29, 1.82) is 0 Å². The summed E-state index contributed by atoms with van der Waals surface area (Å²) in [6.45, 7) is -0.191. The van der Waals surface area contributed by atoms with Crippen molar-refractivity contribution in [2.24, 2.45) is 10.2 Å². The van der Waals surface area contributed by atoms with Gasteiger partial charge in [-0.15, -0.1) is 5.11 Å². The average Bonchev–Trinajstić information content (AvgIpc) is 2.01. The molecule has 0 atom stereocenters. The summed E-state index contributed by atoms with van der Waals surface area (Å²) in [6, 6.07) is 0. The summed E-state index contributed by atoms with van der Waals surface area (Å²) in [5.74, 6) is -3.66. The predicted octanol–water partition coefficient (Wildman–Crippen LogP) is 0.913. The number of hydrogen-bond donors (Lipinski definition) is 1. The summed E-state index contributed by atoms with van der Waals surface area (Å²) in [5, 5.41) is 14.5. The van der Waals surface area contributed by atoms with Gasteiger partial charge in [0.15, 0.2) is 0 Å². The van der Waals surface area contributed by atoms with Crippen molar-refractivity contribution >= 4 is 17.7 Å². The van der Waals surface area contributed by atoms with Crippen LogP contribution in [0.2, 0.25) is 0 Å². The van der Waals surface area contributed by atoms with Gasteiger partial charge < -0.3 is 5.11 Å². The number of hydrogen-bond acceptors (Lipinski definition) is 4. The van der Waals surface area contributed by atoms with Crippen LogP contribution < -0.4 is 0 Å². The summed E-state index contributed by atoms with van der Waals surface area (Å²) >= 11 is 0.198. The highest BCUT2D eigenvalue weighted by Gasteiger charge is 2.06. The van der Waals surface area contributed by atoms with Crippen molar-refractivity contribution in [3.63, 3.8) is 0 Å². The van der Waals surface area contributed by atoms with Gasteiger partial charge in [0, 0.05) is 0 Å². The molecule has 0 aromatic heterocycles. The lowest BCUT2D eigenvalue weighted by Gasteiger charge is -1.93. The minimum absolute atomic E-state index is 0.0189. The fraction of sp³-hybridized carbons (Fsp3) is 0.800. The second kappa shape index (κ2) is 7.11. The van der Waals surface area contributed by atoms with Crippen molar-refractivity contribution in [2.75, 3.05) is 18.9 Å². The molecule has 0 heterocycles. The number of azo groups is 1. The molecule has 1 amide bonds. The molecule has 0 aliphatic heterocycles. The zero-order valence-corrected chi connectivity index (χ0v) is 6.93. The van der Waals surface area contributed by atoms with Gasteiger partial charge in [0.1, 0.15) is 0 Å². The molecule has 0 spiro atoms. The quantitative estimate of drug-likeness (QED) is 0.668. The van der Waals surface area contributed by atoms with Crippen LogP contribution in [0.5, 0.6) is 0 Å². The number of aliphatic hydroxyl groups excluding tert-OH is 1. The number of alkyl halides is 2. The Morgan fingerprint density at radius 2 is 2.25 bits per heavy atom. The van der Waals surface area contributed by atoms with E-state index in [-0.39, 0.29) is 30.7 Å². The Balaban J connectivity index is 3.46. The van der Waals surface area contributed by atoms with Crippen molar-refractivity contribution in [3.8, 4) is 0 Å². The van der Waals surface area contributed by atoms with E-state index in [0.29, 0.717) is 0 Å². The normalized spacial score (nSPS) is 11.3. The molecule has 0 unspecified atom stereocenters. The van der Waals surface area contributed by atoms with E-state index in [1.54, 1.807) is 0 Å². The van der Waals surface area contributed by atoms with E-state index in [1.165, 1.54) is 0 Å². The number of halogens is 2. The summed E-state index contributed by atoms with van der Waals surface area (Å²) in [5.41, 5.74) is 0. The Labute approximate surface area is 72.1 Å². The maximum absolute atomic E-state index is 11.5. The summed E-state index contributed by atoms with van der Waals surface area (Å²) < 4.78 is 23.0. The molecule has 0 rings (SSSR count). The first kappa shape index (κ1) is 11.4. The Morgan fingerprint density at radius 3 is 2.75 bits per heavy atom. The Kier molecular flexibility index (Phi) is 6.78. The molecule has 12 heavy (non-hydrogen) atoms. The van der Waals surface area contributed by atoms with Crippen LogP contribution >= 0.6 is 11.8 Å². The maximum atomic E-state index is 11.5. The molecule has 0 aliphatic rings. The fourth-order valence-electron chi connectivity index (χ4n) is 0.337. The number of aliphatic hydroxyl groups is 1. The second-order valence-electron chi connectivity index (χ2n) is 1.65. The molecule has 0 radical (unpaired) electrons. The van der Waals surface area contributed by atoms with Gasteiger partial charge in [-0.2, -0.15) is 13.9 Å². The van der Waals surface area contributed by atoms with Crippen LogP contribution in [0.1, 0.15) is 0 Å². The van der Waals surface area contributed by atoms with Crippen molar-refractivity contribution in [2.45, 2.75) is 5.76 Å². The molecule has 0 saturated heterocycles. The highest BCUT2D eigenvalue weighted by molar-refractivity contribution is 8.00. The summed E-state index contributed by atoms with van der Waals surface area (Å²) in [4.78, 5) is 10.5. The van der Waals surface area contributed by atoms with Crippen LogP contribution in [0.4, 0.5) is 8.78 Å². The van der Waals surface area contributed by atoms with Crippen molar-refractivity contribution in [1.82, 2.24) is 0 Å². The third-order valence-electron chi connectivity index (χ3n) is 0.715. The largest absolute Gasteiger partial charge is 0.394 e. The van der Waals surface area contributed by atoms with Gasteiger partial charge >= 0.3 is 0 Å². The van der Waals surface area contributed by atoms with Gasteiger partial charge in [-0.3, -0.25) is 4.79 Å². The van der Waals surface area contributed by atoms with E-state index in [0.717, 1.165) is 0 Å². The number of amides is 1. The zero-order valence-electron chi connectivity index (χ0n) is 6.11. The van der Waals surface area contributed by atoms with E-state index in [2.05, 4.69) is 10.2 Å². The molecule has 0 bridgehead atoms.